The Bertz CT molecular complexity index is 662. The summed E-state index contributed by atoms with van der Waals surface area (Å²) < 4.78 is 0. The quantitative estimate of drug-likeness (QED) is 0.712. The molecule has 0 aromatic heterocycles. The number of ketones is 1. The molecule has 4 aliphatic carbocycles. The number of aliphatic hydroxyl groups excluding tert-OH is 2. The second-order valence-corrected chi connectivity index (χ2v) is 9.13. The monoisotopic (exact) mass is 329 g/mol. The molecule has 0 spiro atoms. The Kier molecular flexibility index (Phi) is 3.42. The SMILES string of the molecule is C[C@]12CC(C#N)=C(O)C(=O)[C@@H]1CC[C@@H]1[C@@H]2CC[C@]2(C)[C@@H](O)CC[C@@H]12. The molecule has 24 heavy (non-hydrogen) atoms. The number of rotatable bonds is 0. The molecule has 3 saturated carbocycles. The van der Waals surface area contributed by atoms with Crippen molar-refractivity contribution in [1.29, 1.82) is 5.26 Å². The van der Waals surface area contributed by atoms with Gasteiger partial charge in [-0.2, -0.15) is 5.26 Å². The van der Waals surface area contributed by atoms with Gasteiger partial charge >= 0.3 is 0 Å². The largest absolute Gasteiger partial charge is 0.504 e. The molecule has 4 aliphatic rings. The number of nitriles is 1. The molecule has 0 aromatic rings. The van der Waals surface area contributed by atoms with Crippen molar-refractivity contribution < 1.29 is 15.0 Å². The van der Waals surface area contributed by atoms with Gasteiger partial charge in [0, 0.05) is 5.92 Å². The average molecular weight is 329 g/mol. The van der Waals surface area contributed by atoms with E-state index in [1.54, 1.807) is 0 Å². The van der Waals surface area contributed by atoms with Crippen LogP contribution in [0.1, 0.15) is 58.8 Å². The first-order valence-corrected chi connectivity index (χ1v) is 9.37. The predicted octanol–water partition coefficient (Wildman–Crippen LogP) is 3.51. The molecule has 0 heterocycles. The lowest BCUT2D eigenvalue weighted by atomic mass is 9.45. The van der Waals surface area contributed by atoms with E-state index < -0.39 is 0 Å². The Hall–Kier alpha value is -1.34. The van der Waals surface area contributed by atoms with Gasteiger partial charge < -0.3 is 10.2 Å². The maximum atomic E-state index is 12.7. The first kappa shape index (κ1) is 16.1. The Morgan fingerprint density at radius 2 is 1.79 bits per heavy atom. The summed E-state index contributed by atoms with van der Waals surface area (Å²) in [7, 11) is 0. The molecule has 0 amide bonds. The van der Waals surface area contributed by atoms with Crippen LogP contribution in [0.2, 0.25) is 0 Å². The zero-order valence-corrected chi connectivity index (χ0v) is 14.6. The fourth-order valence-electron chi connectivity index (χ4n) is 6.98. The highest BCUT2D eigenvalue weighted by Gasteiger charge is 2.61. The minimum atomic E-state index is -0.282. The molecule has 0 saturated heterocycles. The van der Waals surface area contributed by atoms with Gasteiger partial charge in [0.05, 0.1) is 17.7 Å². The van der Waals surface area contributed by atoms with Gasteiger partial charge in [0.2, 0.25) is 5.78 Å². The van der Waals surface area contributed by atoms with E-state index in [1.807, 2.05) is 0 Å². The van der Waals surface area contributed by atoms with Crippen LogP contribution in [-0.2, 0) is 4.79 Å². The molecule has 4 rings (SSSR count). The highest BCUT2D eigenvalue weighted by molar-refractivity contribution is 5.98. The van der Waals surface area contributed by atoms with E-state index in [4.69, 9.17) is 0 Å². The number of aliphatic hydroxyl groups is 2. The Labute approximate surface area is 143 Å². The third kappa shape index (κ3) is 1.85. The summed E-state index contributed by atoms with van der Waals surface area (Å²) in [4.78, 5) is 12.7. The lowest BCUT2D eigenvalue weighted by Gasteiger charge is -2.59. The van der Waals surface area contributed by atoms with Crippen molar-refractivity contribution in [2.45, 2.75) is 64.9 Å². The highest BCUT2D eigenvalue weighted by Crippen LogP contribution is 2.65. The first-order valence-electron chi connectivity index (χ1n) is 9.37. The molecule has 0 radical (unpaired) electrons. The van der Waals surface area contributed by atoms with E-state index in [9.17, 15) is 20.3 Å². The normalized spacial score (nSPS) is 50.8. The van der Waals surface area contributed by atoms with Gasteiger partial charge in [-0.1, -0.05) is 13.8 Å². The Balaban J connectivity index is 1.72. The molecule has 2 N–H and O–H groups in total. The van der Waals surface area contributed by atoms with Gasteiger partial charge in [-0.15, -0.1) is 0 Å². The predicted molar refractivity (Wildman–Crippen MR) is 88.8 cm³/mol. The standard InChI is InChI=1S/C20H27NO3/c1-19-8-7-14-12(13(19)5-6-16(19)22)3-4-15-18(24)17(23)11(10-21)9-20(14,15)2/h12-16,22-23H,3-9H2,1-2H3/t12-,13-,14-,15-,16-,19-,20+/m0/s1. The van der Waals surface area contributed by atoms with Crippen LogP contribution in [0.4, 0.5) is 0 Å². The molecule has 3 fully saturated rings. The number of carbonyl (C=O) groups excluding carboxylic acids is 1. The summed E-state index contributed by atoms with van der Waals surface area (Å²) in [5.41, 5.74) is 0.0878. The minimum absolute atomic E-state index is 0.0269. The molecule has 0 aliphatic heterocycles. The lowest BCUT2D eigenvalue weighted by molar-refractivity contribution is -0.144. The zero-order chi connectivity index (χ0) is 17.3. The number of carbonyl (C=O) groups is 1. The van der Waals surface area contributed by atoms with Crippen molar-refractivity contribution in [3.8, 4) is 6.07 Å². The van der Waals surface area contributed by atoms with E-state index in [-0.39, 0.29) is 40.0 Å². The van der Waals surface area contributed by atoms with Crippen LogP contribution in [0.3, 0.4) is 0 Å². The smallest absolute Gasteiger partial charge is 0.201 e. The fourth-order valence-corrected chi connectivity index (χ4v) is 6.98. The third-order valence-corrected chi connectivity index (χ3v) is 8.35. The Morgan fingerprint density at radius 1 is 1.08 bits per heavy atom. The summed E-state index contributed by atoms with van der Waals surface area (Å²) >= 11 is 0. The zero-order valence-electron chi connectivity index (χ0n) is 14.6. The van der Waals surface area contributed by atoms with E-state index >= 15 is 0 Å². The number of fused-ring (bicyclic) bond motifs is 5. The van der Waals surface area contributed by atoms with Crippen LogP contribution >= 0.6 is 0 Å². The number of nitrogens with zero attached hydrogens (tertiary/aromatic N) is 1. The number of hydrogen-bond donors (Lipinski definition) is 2. The van der Waals surface area contributed by atoms with Gasteiger partial charge in [0.25, 0.3) is 0 Å². The molecule has 130 valence electrons. The van der Waals surface area contributed by atoms with Crippen LogP contribution in [0, 0.1) is 45.8 Å². The third-order valence-electron chi connectivity index (χ3n) is 8.35. The van der Waals surface area contributed by atoms with Crippen molar-refractivity contribution in [1.82, 2.24) is 0 Å². The second-order valence-electron chi connectivity index (χ2n) is 9.13. The molecule has 0 aromatic carbocycles. The topological polar surface area (TPSA) is 81.3 Å². The van der Waals surface area contributed by atoms with E-state index in [0.29, 0.717) is 24.2 Å². The van der Waals surface area contributed by atoms with E-state index in [1.165, 1.54) is 0 Å². The fraction of sp³-hybridized carbons (Fsp3) is 0.800. The van der Waals surface area contributed by atoms with Gasteiger partial charge in [-0.05, 0) is 73.5 Å². The van der Waals surface area contributed by atoms with Crippen LogP contribution in [0.25, 0.3) is 0 Å². The van der Waals surface area contributed by atoms with E-state index in [0.717, 1.165) is 38.5 Å². The summed E-state index contributed by atoms with van der Waals surface area (Å²) in [5, 5.41) is 29.9. The molecule has 0 bridgehead atoms. The van der Waals surface area contributed by atoms with Crippen molar-refractivity contribution in [3.05, 3.63) is 11.3 Å². The van der Waals surface area contributed by atoms with Crippen molar-refractivity contribution >= 4 is 5.78 Å². The number of hydrogen-bond acceptors (Lipinski definition) is 4. The van der Waals surface area contributed by atoms with Crippen molar-refractivity contribution in [2.75, 3.05) is 0 Å². The maximum absolute atomic E-state index is 12.7. The van der Waals surface area contributed by atoms with Crippen LogP contribution in [-0.4, -0.2) is 22.1 Å². The molecule has 0 unspecified atom stereocenters. The first-order chi connectivity index (χ1) is 11.3. The summed E-state index contributed by atoms with van der Waals surface area (Å²) in [6.45, 7) is 4.42. The van der Waals surface area contributed by atoms with Crippen molar-refractivity contribution in [2.24, 2.45) is 34.5 Å². The molecule has 4 heteroatoms. The average Bonchev–Trinajstić information content (AvgIpc) is 2.86. The van der Waals surface area contributed by atoms with Gasteiger partial charge in [0.1, 0.15) is 0 Å². The molecule has 4 nitrogen and oxygen atoms in total. The maximum Gasteiger partial charge on any atom is 0.201 e. The van der Waals surface area contributed by atoms with Crippen LogP contribution in [0.15, 0.2) is 11.3 Å². The van der Waals surface area contributed by atoms with Gasteiger partial charge in [-0.3, -0.25) is 4.79 Å². The lowest BCUT2D eigenvalue weighted by Crippen LogP contribution is -2.55. The molecular formula is C20H27NO3. The number of Topliss-reactive ketones (excluding diaryl/α,β-unsaturated/α-hetero) is 1. The van der Waals surface area contributed by atoms with E-state index in [2.05, 4.69) is 19.9 Å². The summed E-state index contributed by atoms with van der Waals surface area (Å²) in [5.74, 6) is 0.847. The van der Waals surface area contributed by atoms with Gasteiger partial charge in [0.15, 0.2) is 5.76 Å². The number of allylic oxidation sites excluding steroid dienone is 2. The van der Waals surface area contributed by atoms with Crippen LogP contribution in [0.5, 0.6) is 0 Å². The molecular weight excluding hydrogens is 302 g/mol. The summed E-state index contributed by atoms with van der Waals surface area (Å²) in [6.07, 6.45) is 6.16. The van der Waals surface area contributed by atoms with Gasteiger partial charge in [-0.25, -0.2) is 0 Å². The summed E-state index contributed by atoms with van der Waals surface area (Å²) in [6, 6.07) is 2.07. The Morgan fingerprint density at radius 3 is 2.50 bits per heavy atom. The highest BCUT2D eigenvalue weighted by atomic mass is 16.3. The van der Waals surface area contributed by atoms with Crippen molar-refractivity contribution in [3.63, 3.8) is 0 Å². The molecule has 7 atom stereocenters. The van der Waals surface area contributed by atoms with Crippen LogP contribution < -0.4 is 0 Å². The minimum Gasteiger partial charge on any atom is -0.504 e. The second kappa shape index (κ2) is 5.08.